The predicted molar refractivity (Wildman–Crippen MR) is 43.2 cm³/mol. The largest absolute Gasteiger partial charge is 0.396 e. The summed E-state index contributed by atoms with van der Waals surface area (Å²) in [6.45, 7) is 2.02. The fraction of sp³-hybridized carbons (Fsp3) is 0.667. The highest BCUT2D eigenvalue weighted by Gasteiger charge is 1.91. The van der Waals surface area contributed by atoms with Crippen LogP contribution in [0.25, 0.3) is 0 Å². The highest BCUT2D eigenvalue weighted by molar-refractivity contribution is 8.12. The molecule has 0 saturated carbocycles. The van der Waals surface area contributed by atoms with E-state index in [4.69, 9.17) is 9.66 Å². The maximum atomic E-state index is 9.03. The van der Waals surface area contributed by atoms with Gasteiger partial charge in [-0.3, -0.25) is 0 Å². The normalized spacial score (nSPS) is 16.6. The molecule has 0 spiro atoms. The minimum Gasteiger partial charge on any atom is -0.396 e. The van der Waals surface area contributed by atoms with Crippen molar-refractivity contribution < 1.29 is 9.66 Å². The molecule has 0 aromatic heterocycles. The summed E-state index contributed by atoms with van der Waals surface area (Å²) >= 11 is -0.923. The Morgan fingerprint density at radius 2 is 2.22 bits per heavy atom. The minimum atomic E-state index is -0.923. The summed E-state index contributed by atoms with van der Waals surface area (Å²) in [6, 6.07) is 0. The van der Waals surface area contributed by atoms with E-state index in [-0.39, 0.29) is 6.61 Å². The molecule has 2 N–H and O–H groups in total. The van der Waals surface area contributed by atoms with Gasteiger partial charge in [0.15, 0.2) is 0 Å². The van der Waals surface area contributed by atoms with Gasteiger partial charge in [0, 0.05) is 11.5 Å². The van der Waals surface area contributed by atoms with E-state index >= 15 is 0 Å². The SMILES string of the molecule is CC=CC[SH](O)CCO. The van der Waals surface area contributed by atoms with Crippen molar-refractivity contribution >= 4 is 11.2 Å². The zero-order valence-electron chi connectivity index (χ0n) is 5.62. The van der Waals surface area contributed by atoms with Crippen molar-refractivity contribution in [3.05, 3.63) is 12.2 Å². The fourth-order valence-electron chi connectivity index (χ4n) is 0.434. The molecule has 3 heteroatoms. The first-order valence-corrected chi connectivity index (χ1v) is 4.63. The zero-order valence-corrected chi connectivity index (χ0v) is 6.51. The van der Waals surface area contributed by atoms with Gasteiger partial charge in [-0.15, -0.1) is 11.2 Å². The van der Waals surface area contributed by atoms with Gasteiger partial charge in [-0.2, -0.15) is 0 Å². The topological polar surface area (TPSA) is 40.5 Å². The monoisotopic (exact) mass is 150 g/mol. The van der Waals surface area contributed by atoms with E-state index in [1.54, 1.807) is 0 Å². The average molecular weight is 150 g/mol. The molecular formula is C6H14O2S. The van der Waals surface area contributed by atoms with E-state index in [2.05, 4.69) is 0 Å². The van der Waals surface area contributed by atoms with Crippen molar-refractivity contribution in [2.45, 2.75) is 6.92 Å². The number of aliphatic hydroxyl groups is 1. The highest BCUT2D eigenvalue weighted by atomic mass is 32.2. The molecule has 9 heavy (non-hydrogen) atoms. The Bertz CT molecular complexity index is 83.1. The summed E-state index contributed by atoms with van der Waals surface area (Å²) in [4.78, 5) is 0. The van der Waals surface area contributed by atoms with Crippen LogP contribution in [0.15, 0.2) is 12.2 Å². The van der Waals surface area contributed by atoms with Gasteiger partial charge < -0.3 is 9.66 Å². The molecule has 0 aliphatic rings. The summed E-state index contributed by atoms with van der Waals surface area (Å²) in [5.41, 5.74) is 0. The molecule has 0 heterocycles. The van der Waals surface area contributed by atoms with E-state index < -0.39 is 11.2 Å². The third-order valence-electron chi connectivity index (χ3n) is 0.910. The third kappa shape index (κ3) is 5.89. The molecule has 2 nitrogen and oxygen atoms in total. The smallest absolute Gasteiger partial charge is 0.0524 e. The number of thiol groups is 1. The average Bonchev–Trinajstić information content (AvgIpc) is 1.85. The lowest BCUT2D eigenvalue weighted by Crippen LogP contribution is -1.95. The van der Waals surface area contributed by atoms with Crippen LogP contribution in [0.4, 0.5) is 0 Å². The first kappa shape index (κ1) is 9.01. The van der Waals surface area contributed by atoms with Gasteiger partial charge in [0.1, 0.15) is 0 Å². The quantitative estimate of drug-likeness (QED) is 0.414. The molecular weight excluding hydrogens is 136 g/mol. The second kappa shape index (κ2) is 6.13. The van der Waals surface area contributed by atoms with Crippen LogP contribution >= 0.6 is 11.2 Å². The van der Waals surface area contributed by atoms with Crippen molar-refractivity contribution in [2.75, 3.05) is 18.1 Å². The van der Waals surface area contributed by atoms with Crippen molar-refractivity contribution in [1.29, 1.82) is 0 Å². The van der Waals surface area contributed by atoms with Crippen LogP contribution in [-0.4, -0.2) is 27.8 Å². The Morgan fingerprint density at radius 1 is 1.56 bits per heavy atom. The van der Waals surface area contributed by atoms with Crippen LogP contribution < -0.4 is 0 Å². The van der Waals surface area contributed by atoms with Crippen molar-refractivity contribution in [1.82, 2.24) is 0 Å². The molecule has 0 aromatic carbocycles. The molecule has 1 unspecified atom stereocenters. The molecule has 0 rings (SSSR count). The van der Waals surface area contributed by atoms with Crippen LogP contribution in [0, 0.1) is 0 Å². The van der Waals surface area contributed by atoms with Crippen LogP contribution in [0.3, 0.4) is 0 Å². The minimum absolute atomic E-state index is 0.0970. The Labute approximate surface area is 58.8 Å². The molecule has 0 fully saturated rings. The molecule has 0 amide bonds. The van der Waals surface area contributed by atoms with E-state index in [0.29, 0.717) is 11.5 Å². The van der Waals surface area contributed by atoms with Crippen molar-refractivity contribution in [2.24, 2.45) is 0 Å². The molecule has 0 saturated heterocycles. The van der Waals surface area contributed by atoms with Gasteiger partial charge >= 0.3 is 0 Å². The van der Waals surface area contributed by atoms with Crippen molar-refractivity contribution in [3.63, 3.8) is 0 Å². The van der Waals surface area contributed by atoms with Gasteiger partial charge in [0.05, 0.1) is 6.61 Å². The lowest BCUT2D eigenvalue weighted by Gasteiger charge is -2.08. The van der Waals surface area contributed by atoms with E-state index in [9.17, 15) is 0 Å². The molecule has 0 radical (unpaired) electrons. The first-order valence-electron chi connectivity index (χ1n) is 2.97. The molecule has 0 bridgehead atoms. The van der Waals surface area contributed by atoms with Crippen LogP contribution in [0.5, 0.6) is 0 Å². The molecule has 56 valence electrons. The summed E-state index contributed by atoms with van der Waals surface area (Å²) in [5, 5.41) is 8.37. The first-order chi connectivity index (χ1) is 4.31. The Balaban J connectivity index is 3.15. The molecule has 1 atom stereocenters. The third-order valence-corrected chi connectivity index (χ3v) is 2.26. The summed E-state index contributed by atoms with van der Waals surface area (Å²) in [5.74, 6) is 1.26. The summed E-state index contributed by atoms with van der Waals surface area (Å²) < 4.78 is 9.03. The molecule has 0 aliphatic carbocycles. The number of hydrogen-bond donors (Lipinski definition) is 3. The van der Waals surface area contributed by atoms with Crippen LogP contribution in [0.2, 0.25) is 0 Å². The molecule has 0 aromatic rings. The van der Waals surface area contributed by atoms with Crippen LogP contribution in [-0.2, 0) is 0 Å². The zero-order chi connectivity index (χ0) is 7.11. The highest BCUT2D eigenvalue weighted by Crippen LogP contribution is 2.16. The van der Waals surface area contributed by atoms with Crippen LogP contribution in [0.1, 0.15) is 6.92 Å². The van der Waals surface area contributed by atoms with E-state index in [0.717, 1.165) is 0 Å². The van der Waals surface area contributed by atoms with E-state index in [1.165, 1.54) is 0 Å². The van der Waals surface area contributed by atoms with Gasteiger partial charge in [-0.1, -0.05) is 12.2 Å². The summed E-state index contributed by atoms with van der Waals surface area (Å²) in [7, 11) is 0. The second-order valence-electron chi connectivity index (χ2n) is 1.71. The van der Waals surface area contributed by atoms with Gasteiger partial charge in [0.25, 0.3) is 0 Å². The lowest BCUT2D eigenvalue weighted by atomic mass is 10.6. The number of rotatable bonds is 4. The lowest BCUT2D eigenvalue weighted by molar-refractivity contribution is 0.320. The Hall–Kier alpha value is 0.01000. The van der Waals surface area contributed by atoms with E-state index in [1.807, 2.05) is 19.1 Å². The van der Waals surface area contributed by atoms with Crippen molar-refractivity contribution in [3.8, 4) is 0 Å². The predicted octanol–water partition coefficient (Wildman–Crippen LogP) is 1.03. The Kier molecular flexibility index (Phi) is 6.14. The summed E-state index contributed by atoms with van der Waals surface area (Å²) in [6.07, 6.45) is 3.82. The van der Waals surface area contributed by atoms with Gasteiger partial charge in [-0.25, -0.2) is 0 Å². The number of hydrogen-bond acceptors (Lipinski definition) is 2. The second-order valence-corrected chi connectivity index (χ2v) is 3.53. The number of allylic oxidation sites excluding steroid dienone is 1. The maximum Gasteiger partial charge on any atom is 0.0524 e. The standard InChI is InChI=1S/C6H14O2S/c1-2-3-5-9(8)6-4-7/h2-3,7-9H,4-6H2,1H3. The fourth-order valence-corrected chi connectivity index (χ4v) is 1.30. The molecule has 0 aliphatic heterocycles. The van der Waals surface area contributed by atoms with Gasteiger partial charge in [0.2, 0.25) is 0 Å². The Morgan fingerprint density at radius 3 is 2.67 bits per heavy atom. The maximum absolute atomic E-state index is 9.03. The van der Waals surface area contributed by atoms with Gasteiger partial charge in [-0.05, 0) is 6.92 Å². The number of aliphatic hydroxyl groups excluding tert-OH is 1.